The van der Waals surface area contributed by atoms with Crippen LogP contribution in [0.1, 0.15) is 27.2 Å². The summed E-state index contributed by atoms with van der Waals surface area (Å²) in [4.78, 5) is 11.8. The number of amides is 1. The Morgan fingerprint density at radius 1 is 1.32 bits per heavy atom. The van der Waals surface area contributed by atoms with Gasteiger partial charge in [-0.05, 0) is 38.0 Å². The number of fused-ring (bicyclic) bond motifs is 1. The third kappa shape index (κ3) is 2.45. The number of carbonyl (C=O) groups is 1. The van der Waals surface area contributed by atoms with Gasteiger partial charge >= 0.3 is 0 Å². The first-order valence-electron chi connectivity index (χ1n) is 6.75. The summed E-state index contributed by atoms with van der Waals surface area (Å²) in [5.74, 6) is -0.176. The predicted molar refractivity (Wildman–Crippen MR) is 79.3 cm³/mol. The van der Waals surface area contributed by atoms with Crippen LogP contribution in [0.15, 0.2) is 27.6 Å². The first kappa shape index (κ1) is 14.6. The van der Waals surface area contributed by atoms with Crippen molar-refractivity contribution in [3.8, 4) is 0 Å². The lowest BCUT2D eigenvalue weighted by Crippen LogP contribution is -2.32. The fourth-order valence-corrected chi connectivity index (χ4v) is 3.32. The Balaban J connectivity index is 1.97. The van der Waals surface area contributed by atoms with Crippen molar-refractivity contribution >= 4 is 21.8 Å². The van der Waals surface area contributed by atoms with Crippen molar-refractivity contribution in [2.75, 3.05) is 11.3 Å². The summed E-state index contributed by atoms with van der Waals surface area (Å²) in [5, 5.41) is 6.41. The summed E-state index contributed by atoms with van der Waals surface area (Å²) in [7, 11) is -3.84. The first-order valence-corrected chi connectivity index (χ1v) is 8.23. The van der Waals surface area contributed by atoms with Crippen LogP contribution in [0.4, 0.5) is 5.88 Å². The second-order valence-corrected chi connectivity index (χ2v) is 6.83. The average molecular weight is 321 g/mol. The van der Waals surface area contributed by atoms with E-state index in [-0.39, 0.29) is 16.7 Å². The number of carbonyl (C=O) groups excluding carboxylic acids is 1. The van der Waals surface area contributed by atoms with Gasteiger partial charge in [0.05, 0.1) is 10.6 Å². The van der Waals surface area contributed by atoms with Crippen molar-refractivity contribution in [3.63, 3.8) is 0 Å². The molecule has 1 aromatic carbocycles. The normalized spacial score (nSPS) is 14.4. The molecule has 1 aliphatic rings. The van der Waals surface area contributed by atoms with E-state index in [4.69, 9.17) is 4.52 Å². The Labute approximate surface area is 127 Å². The maximum absolute atomic E-state index is 12.4. The second kappa shape index (κ2) is 5.13. The molecule has 0 spiro atoms. The van der Waals surface area contributed by atoms with E-state index in [1.165, 1.54) is 12.1 Å². The number of anilines is 1. The summed E-state index contributed by atoms with van der Waals surface area (Å²) in [6.45, 7) is 4.00. The van der Waals surface area contributed by atoms with Crippen LogP contribution < -0.4 is 10.0 Å². The number of rotatable bonds is 3. The highest BCUT2D eigenvalue weighted by Crippen LogP contribution is 2.24. The molecular formula is C14H15N3O4S. The van der Waals surface area contributed by atoms with Gasteiger partial charge in [0.1, 0.15) is 0 Å². The summed E-state index contributed by atoms with van der Waals surface area (Å²) >= 11 is 0. The van der Waals surface area contributed by atoms with Crippen LogP contribution in [0, 0.1) is 13.8 Å². The topological polar surface area (TPSA) is 101 Å². The first-order chi connectivity index (χ1) is 10.4. The number of aryl methyl sites for hydroxylation is 1. The van der Waals surface area contributed by atoms with E-state index in [9.17, 15) is 13.2 Å². The van der Waals surface area contributed by atoms with E-state index in [2.05, 4.69) is 15.2 Å². The lowest BCUT2D eigenvalue weighted by atomic mass is 10.0. The monoisotopic (exact) mass is 321 g/mol. The highest BCUT2D eigenvalue weighted by atomic mass is 32.2. The molecular weight excluding hydrogens is 306 g/mol. The number of hydrogen-bond acceptors (Lipinski definition) is 5. The molecule has 8 heteroatoms. The minimum absolute atomic E-state index is 0.0109. The lowest BCUT2D eigenvalue weighted by molar-refractivity contribution is 0.0945. The van der Waals surface area contributed by atoms with E-state index in [1.807, 2.05) is 0 Å². The van der Waals surface area contributed by atoms with Crippen molar-refractivity contribution in [1.82, 2.24) is 10.5 Å². The molecule has 116 valence electrons. The van der Waals surface area contributed by atoms with Gasteiger partial charge in [-0.3, -0.25) is 4.79 Å². The maximum Gasteiger partial charge on any atom is 0.264 e. The van der Waals surface area contributed by atoms with Gasteiger partial charge in [0.25, 0.3) is 15.9 Å². The third-order valence-corrected chi connectivity index (χ3v) is 5.03. The Morgan fingerprint density at radius 2 is 2.09 bits per heavy atom. The van der Waals surface area contributed by atoms with Gasteiger partial charge in [-0.1, -0.05) is 11.2 Å². The Kier molecular flexibility index (Phi) is 3.40. The SMILES string of the molecule is Cc1noc(NS(=O)(=O)c2ccc3c(c2)C(=O)NCC3)c1C. The molecule has 0 radical (unpaired) electrons. The standard InChI is InChI=1S/C14H15N3O4S/c1-8-9(2)16-21-14(8)17-22(19,20)11-4-3-10-5-6-15-13(18)12(10)7-11/h3-4,7,17H,5-6H2,1-2H3,(H,15,18). The largest absolute Gasteiger partial charge is 0.352 e. The van der Waals surface area contributed by atoms with Gasteiger partial charge in [0.15, 0.2) is 0 Å². The maximum atomic E-state index is 12.4. The van der Waals surface area contributed by atoms with Crippen LogP contribution in [-0.4, -0.2) is 26.0 Å². The van der Waals surface area contributed by atoms with Crippen LogP contribution in [-0.2, 0) is 16.4 Å². The molecule has 0 saturated heterocycles. The molecule has 3 rings (SSSR count). The Morgan fingerprint density at radius 3 is 2.77 bits per heavy atom. The van der Waals surface area contributed by atoms with Gasteiger partial charge < -0.3 is 9.84 Å². The van der Waals surface area contributed by atoms with Gasteiger partial charge in [-0.25, -0.2) is 13.1 Å². The zero-order valence-corrected chi connectivity index (χ0v) is 13.0. The molecule has 1 amide bonds. The molecule has 0 aliphatic carbocycles. The van der Waals surface area contributed by atoms with E-state index in [1.54, 1.807) is 19.9 Å². The number of nitrogens with one attached hydrogen (secondary N) is 2. The molecule has 0 fully saturated rings. The summed E-state index contributed by atoms with van der Waals surface area (Å²) < 4.78 is 32.2. The molecule has 2 N–H and O–H groups in total. The fraction of sp³-hybridized carbons (Fsp3) is 0.286. The van der Waals surface area contributed by atoms with Crippen LogP contribution >= 0.6 is 0 Å². The Bertz CT molecular complexity index is 855. The number of benzene rings is 1. The molecule has 7 nitrogen and oxygen atoms in total. The molecule has 2 heterocycles. The van der Waals surface area contributed by atoms with Crippen LogP contribution in [0.5, 0.6) is 0 Å². The molecule has 0 bridgehead atoms. The molecule has 0 atom stereocenters. The predicted octanol–water partition coefficient (Wildman–Crippen LogP) is 1.38. The van der Waals surface area contributed by atoms with Crippen molar-refractivity contribution in [1.29, 1.82) is 0 Å². The van der Waals surface area contributed by atoms with E-state index in [0.717, 1.165) is 5.56 Å². The zero-order valence-electron chi connectivity index (χ0n) is 12.1. The van der Waals surface area contributed by atoms with Crippen molar-refractivity contribution in [2.24, 2.45) is 0 Å². The van der Waals surface area contributed by atoms with Gasteiger partial charge in [0.2, 0.25) is 5.88 Å². The van der Waals surface area contributed by atoms with Crippen LogP contribution in [0.3, 0.4) is 0 Å². The van der Waals surface area contributed by atoms with Gasteiger partial charge in [-0.2, -0.15) is 0 Å². The summed E-state index contributed by atoms with van der Waals surface area (Å²) in [5.41, 5.74) is 2.47. The molecule has 22 heavy (non-hydrogen) atoms. The average Bonchev–Trinajstić information content (AvgIpc) is 2.79. The number of sulfonamides is 1. The minimum Gasteiger partial charge on any atom is -0.352 e. The van der Waals surface area contributed by atoms with Crippen LogP contribution in [0.2, 0.25) is 0 Å². The van der Waals surface area contributed by atoms with E-state index >= 15 is 0 Å². The van der Waals surface area contributed by atoms with E-state index < -0.39 is 10.0 Å². The van der Waals surface area contributed by atoms with Gasteiger partial charge in [-0.15, -0.1) is 0 Å². The second-order valence-electron chi connectivity index (χ2n) is 5.15. The third-order valence-electron chi connectivity index (χ3n) is 3.70. The number of aromatic nitrogens is 1. The fourth-order valence-electron chi connectivity index (χ4n) is 2.25. The molecule has 2 aromatic rings. The van der Waals surface area contributed by atoms with Crippen molar-refractivity contribution in [2.45, 2.75) is 25.2 Å². The molecule has 0 unspecified atom stereocenters. The van der Waals surface area contributed by atoms with Crippen LogP contribution in [0.25, 0.3) is 0 Å². The quantitative estimate of drug-likeness (QED) is 0.889. The van der Waals surface area contributed by atoms with Crippen molar-refractivity contribution < 1.29 is 17.7 Å². The molecule has 1 aromatic heterocycles. The summed E-state index contributed by atoms with van der Waals surface area (Å²) in [6, 6.07) is 4.53. The number of nitrogens with zero attached hydrogens (tertiary/aromatic N) is 1. The van der Waals surface area contributed by atoms with Crippen molar-refractivity contribution in [3.05, 3.63) is 40.6 Å². The minimum atomic E-state index is -3.84. The molecule has 1 aliphatic heterocycles. The highest BCUT2D eigenvalue weighted by Gasteiger charge is 2.23. The van der Waals surface area contributed by atoms with E-state index in [0.29, 0.717) is 29.8 Å². The highest BCUT2D eigenvalue weighted by molar-refractivity contribution is 7.92. The number of hydrogen-bond donors (Lipinski definition) is 2. The Hall–Kier alpha value is -2.35. The smallest absolute Gasteiger partial charge is 0.264 e. The zero-order chi connectivity index (χ0) is 15.9. The molecule has 0 saturated carbocycles. The van der Waals surface area contributed by atoms with Gasteiger partial charge in [0, 0.05) is 17.7 Å². The lowest BCUT2D eigenvalue weighted by Gasteiger charge is -2.17. The summed E-state index contributed by atoms with van der Waals surface area (Å²) in [6.07, 6.45) is 0.690.